The van der Waals surface area contributed by atoms with E-state index in [-0.39, 0.29) is 5.92 Å². The van der Waals surface area contributed by atoms with E-state index in [9.17, 15) is 0 Å². The maximum absolute atomic E-state index is 5.86. The topological polar surface area (TPSA) is 70.3 Å². The van der Waals surface area contributed by atoms with Crippen molar-refractivity contribution in [3.05, 3.63) is 24.0 Å². The third-order valence-corrected chi connectivity index (χ3v) is 2.96. The molecular weight excluding hydrogens is 250 g/mol. The molecule has 18 heavy (non-hydrogen) atoms. The molecule has 0 saturated carbocycles. The molecule has 1 heterocycles. The molecule has 2 rings (SSSR count). The van der Waals surface area contributed by atoms with Crippen LogP contribution in [0, 0.1) is 0 Å². The summed E-state index contributed by atoms with van der Waals surface area (Å²) in [7, 11) is 1.59. The van der Waals surface area contributed by atoms with Gasteiger partial charge in [0.15, 0.2) is 5.75 Å². The number of anilines is 1. The van der Waals surface area contributed by atoms with E-state index in [0.29, 0.717) is 22.4 Å². The molecule has 0 bridgehead atoms. The lowest BCUT2D eigenvalue weighted by Crippen LogP contribution is -1.94. The van der Waals surface area contributed by atoms with Crippen LogP contribution in [0.3, 0.4) is 0 Å². The van der Waals surface area contributed by atoms with Gasteiger partial charge in [-0.1, -0.05) is 13.8 Å². The quantitative estimate of drug-likeness (QED) is 0.860. The van der Waals surface area contributed by atoms with E-state index < -0.39 is 0 Å². The molecule has 1 aromatic heterocycles. The summed E-state index contributed by atoms with van der Waals surface area (Å²) >= 11 is 1.22. The standard InChI is InChI=1S/C12H15N3O2S/c1-7(2)11-14-12(18-15-11)17-10-5-4-8(16-3)6-9(10)13/h4-7H,13H2,1-3H3. The first kappa shape index (κ1) is 12.6. The number of rotatable bonds is 4. The van der Waals surface area contributed by atoms with E-state index in [1.165, 1.54) is 11.5 Å². The van der Waals surface area contributed by atoms with E-state index in [4.69, 9.17) is 15.2 Å². The Morgan fingerprint density at radius 2 is 2.11 bits per heavy atom. The van der Waals surface area contributed by atoms with Gasteiger partial charge in [-0.25, -0.2) is 0 Å². The van der Waals surface area contributed by atoms with E-state index in [2.05, 4.69) is 9.36 Å². The second kappa shape index (κ2) is 5.22. The highest BCUT2D eigenvalue weighted by molar-refractivity contribution is 7.07. The highest BCUT2D eigenvalue weighted by atomic mass is 32.1. The van der Waals surface area contributed by atoms with Gasteiger partial charge < -0.3 is 15.2 Å². The number of methoxy groups -OCH3 is 1. The minimum absolute atomic E-state index is 0.284. The zero-order valence-corrected chi connectivity index (χ0v) is 11.3. The third kappa shape index (κ3) is 2.70. The first-order valence-electron chi connectivity index (χ1n) is 5.55. The molecule has 0 saturated heterocycles. The Labute approximate surface area is 110 Å². The lowest BCUT2D eigenvalue weighted by Gasteiger charge is -2.06. The van der Waals surface area contributed by atoms with Crippen LogP contribution in [0.4, 0.5) is 5.69 Å². The van der Waals surface area contributed by atoms with Crippen molar-refractivity contribution in [1.82, 2.24) is 9.36 Å². The van der Waals surface area contributed by atoms with Crippen LogP contribution < -0.4 is 15.2 Å². The van der Waals surface area contributed by atoms with Crippen LogP contribution in [-0.4, -0.2) is 16.5 Å². The Hall–Kier alpha value is -1.82. The van der Waals surface area contributed by atoms with Crippen LogP contribution >= 0.6 is 11.5 Å². The molecule has 0 atom stereocenters. The molecule has 0 spiro atoms. The van der Waals surface area contributed by atoms with Gasteiger partial charge in [0.05, 0.1) is 12.8 Å². The molecule has 2 aromatic rings. The van der Waals surface area contributed by atoms with Crippen LogP contribution in [0.25, 0.3) is 0 Å². The Morgan fingerprint density at radius 3 is 2.67 bits per heavy atom. The molecule has 1 aromatic carbocycles. The van der Waals surface area contributed by atoms with Crippen LogP contribution in [-0.2, 0) is 0 Å². The first-order valence-corrected chi connectivity index (χ1v) is 6.32. The van der Waals surface area contributed by atoms with Crippen molar-refractivity contribution < 1.29 is 9.47 Å². The summed E-state index contributed by atoms with van der Waals surface area (Å²) in [4.78, 5) is 4.29. The fraction of sp³-hybridized carbons (Fsp3) is 0.333. The zero-order chi connectivity index (χ0) is 13.1. The van der Waals surface area contributed by atoms with E-state index >= 15 is 0 Å². The van der Waals surface area contributed by atoms with Crippen molar-refractivity contribution in [3.8, 4) is 16.7 Å². The predicted molar refractivity (Wildman–Crippen MR) is 71.5 cm³/mol. The number of nitrogen functional groups attached to an aromatic ring is 1. The second-order valence-corrected chi connectivity index (χ2v) is 4.79. The number of nitrogens with zero attached hydrogens (tertiary/aromatic N) is 2. The maximum Gasteiger partial charge on any atom is 0.298 e. The Kier molecular flexibility index (Phi) is 3.66. The van der Waals surface area contributed by atoms with Crippen molar-refractivity contribution in [2.75, 3.05) is 12.8 Å². The van der Waals surface area contributed by atoms with Gasteiger partial charge in [0, 0.05) is 23.5 Å². The van der Waals surface area contributed by atoms with Crippen molar-refractivity contribution in [3.63, 3.8) is 0 Å². The molecule has 0 aliphatic heterocycles. The number of hydrogen-bond donors (Lipinski definition) is 1. The fourth-order valence-corrected chi connectivity index (χ4v) is 2.02. The van der Waals surface area contributed by atoms with E-state index in [1.54, 1.807) is 25.3 Å². The molecule has 0 aliphatic rings. The summed E-state index contributed by atoms with van der Waals surface area (Å²) in [5.41, 5.74) is 6.37. The van der Waals surface area contributed by atoms with E-state index in [0.717, 1.165) is 5.82 Å². The molecule has 96 valence electrons. The average Bonchev–Trinajstić information content (AvgIpc) is 2.80. The molecular formula is C12H15N3O2S. The fourth-order valence-electron chi connectivity index (χ4n) is 1.34. The maximum atomic E-state index is 5.86. The van der Waals surface area contributed by atoms with Crippen molar-refractivity contribution >= 4 is 17.2 Å². The van der Waals surface area contributed by atoms with Crippen molar-refractivity contribution in [2.45, 2.75) is 19.8 Å². The van der Waals surface area contributed by atoms with Crippen molar-refractivity contribution in [1.29, 1.82) is 0 Å². The summed E-state index contributed by atoms with van der Waals surface area (Å²) in [6, 6.07) is 5.25. The van der Waals surface area contributed by atoms with Gasteiger partial charge in [0.25, 0.3) is 5.19 Å². The number of benzene rings is 1. The Bertz CT molecular complexity index is 540. The summed E-state index contributed by atoms with van der Waals surface area (Å²) in [6.07, 6.45) is 0. The lowest BCUT2D eigenvalue weighted by molar-refractivity contribution is 0.413. The summed E-state index contributed by atoms with van der Waals surface area (Å²) in [6.45, 7) is 4.07. The summed E-state index contributed by atoms with van der Waals surface area (Å²) < 4.78 is 14.9. The molecule has 0 fully saturated rings. The van der Waals surface area contributed by atoms with Gasteiger partial charge in [0.1, 0.15) is 11.6 Å². The molecule has 0 aliphatic carbocycles. The normalized spacial score (nSPS) is 10.7. The van der Waals surface area contributed by atoms with Gasteiger partial charge in [-0.3, -0.25) is 0 Å². The SMILES string of the molecule is COc1ccc(Oc2nc(C(C)C)ns2)c(N)c1. The third-order valence-electron chi connectivity index (χ3n) is 2.35. The van der Waals surface area contributed by atoms with Crippen molar-refractivity contribution in [2.24, 2.45) is 0 Å². The molecule has 0 radical (unpaired) electrons. The van der Waals surface area contributed by atoms with Crippen LogP contribution in [0.15, 0.2) is 18.2 Å². The molecule has 6 heteroatoms. The van der Waals surface area contributed by atoms with Crippen LogP contribution in [0.5, 0.6) is 16.7 Å². The Morgan fingerprint density at radius 1 is 1.33 bits per heavy atom. The number of hydrogen-bond acceptors (Lipinski definition) is 6. The number of ether oxygens (including phenoxy) is 2. The second-order valence-electron chi connectivity index (χ2n) is 4.08. The smallest absolute Gasteiger partial charge is 0.298 e. The minimum Gasteiger partial charge on any atom is -0.497 e. The molecule has 5 nitrogen and oxygen atoms in total. The summed E-state index contributed by atoms with van der Waals surface area (Å²) in [5.74, 6) is 2.32. The number of aromatic nitrogens is 2. The average molecular weight is 265 g/mol. The van der Waals surface area contributed by atoms with Gasteiger partial charge in [0.2, 0.25) is 0 Å². The number of nitrogens with two attached hydrogens (primary N) is 1. The van der Waals surface area contributed by atoms with Gasteiger partial charge in [-0.2, -0.15) is 9.36 Å². The molecule has 2 N–H and O–H groups in total. The largest absolute Gasteiger partial charge is 0.497 e. The predicted octanol–water partition coefficient (Wildman–Crippen LogP) is 3.04. The summed E-state index contributed by atoms with van der Waals surface area (Å²) in [5, 5.41) is 0.496. The van der Waals surface area contributed by atoms with E-state index in [1.807, 2.05) is 13.8 Å². The first-order chi connectivity index (χ1) is 8.60. The Balaban J connectivity index is 2.17. The highest BCUT2D eigenvalue weighted by Gasteiger charge is 2.11. The highest BCUT2D eigenvalue weighted by Crippen LogP contribution is 2.31. The van der Waals surface area contributed by atoms with Gasteiger partial charge >= 0.3 is 0 Å². The van der Waals surface area contributed by atoms with Crippen LogP contribution in [0.1, 0.15) is 25.6 Å². The molecule has 0 unspecified atom stereocenters. The van der Waals surface area contributed by atoms with Gasteiger partial charge in [-0.15, -0.1) is 0 Å². The monoisotopic (exact) mass is 265 g/mol. The zero-order valence-electron chi connectivity index (χ0n) is 10.5. The van der Waals surface area contributed by atoms with Gasteiger partial charge in [-0.05, 0) is 12.1 Å². The molecule has 0 amide bonds. The minimum atomic E-state index is 0.284. The van der Waals surface area contributed by atoms with Crippen LogP contribution in [0.2, 0.25) is 0 Å². The lowest BCUT2D eigenvalue weighted by atomic mass is 10.2.